The van der Waals surface area contributed by atoms with E-state index in [1.165, 1.54) is 27.9 Å². The standard InChI is InChI=1S/C26H25N/c1-25(2)23-14-8-9-15-24(23)27(19-20-10-4-3-5-11-20)26(25)17-16-21-12-6-7-13-22(21)18-26/h3-17H,18-19H2,1-2H3. The van der Waals surface area contributed by atoms with Crippen LogP contribution in [0, 0.1) is 0 Å². The molecule has 1 aliphatic carbocycles. The molecule has 5 rings (SSSR count). The van der Waals surface area contributed by atoms with Crippen LogP contribution >= 0.6 is 0 Å². The molecule has 0 amide bonds. The molecular weight excluding hydrogens is 326 g/mol. The second-order valence-electron chi connectivity index (χ2n) is 8.35. The minimum Gasteiger partial charge on any atom is -0.357 e. The van der Waals surface area contributed by atoms with Crippen molar-refractivity contribution in [1.29, 1.82) is 0 Å². The molecule has 1 unspecified atom stereocenters. The third kappa shape index (κ3) is 2.31. The first-order valence-electron chi connectivity index (χ1n) is 9.80. The summed E-state index contributed by atoms with van der Waals surface area (Å²) in [6.45, 7) is 5.75. The monoisotopic (exact) mass is 351 g/mol. The van der Waals surface area contributed by atoms with E-state index in [0.717, 1.165) is 13.0 Å². The first-order valence-corrected chi connectivity index (χ1v) is 9.80. The highest BCUT2D eigenvalue weighted by molar-refractivity contribution is 5.73. The van der Waals surface area contributed by atoms with E-state index in [0.29, 0.717) is 0 Å². The fraction of sp³-hybridized carbons (Fsp3) is 0.231. The van der Waals surface area contributed by atoms with Crippen molar-refractivity contribution in [2.45, 2.75) is 37.8 Å². The molecule has 0 bridgehead atoms. The van der Waals surface area contributed by atoms with Gasteiger partial charge in [-0.1, -0.05) is 98.8 Å². The smallest absolute Gasteiger partial charge is 0.0724 e. The molecule has 3 aromatic carbocycles. The average molecular weight is 351 g/mol. The highest BCUT2D eigenvalue weighted by atomic mass is 15.2. The summed E-state index contributed by atoms with van der Waals surface area (Å²) in [5.41, 5.74) is 6.95. The molecule has 0 saturated carbocycles. The molecule has 0 fully saturated rings. The molecule has 0 saturated heterocycles. The Morgan fingerprint density at radius 2 is 1.52 bits per heavy atom. The Bertz CT molecular complexity index is 1020. The average Bonchev–Trinajstić information content (AvgIpc) is 2.88. The van der Waals surface area contributed by atoms with Gasteiger partial charge in [0.2, 0.25) is 0 Å². The van der Waals surface area contributed by atoms with Gasteiger partial charge in [-0.2, -0.15) is 0 Å². The normalized spacial score (nSPS) is 21.9. The van der Waals surface area contributed by atoms with Gasteiger partial charge in [-0.05, 0) is 28.3 Å². The van der Waals surface area contributed by atoms with Crippen LogP contribution in [0.25, 0.3) is 6.08 Å². The topological polar surface area (TPSA) is 3.24 Å². The first kappa shape index (κ1) is 16.4. The van der Waals surface area contributed by atoms with E-state index in [4.69, 9.17) is 0 Å². The van der Waals surface area contributed by atoms with Crippen LogP contribution in [0.1, 0.15) is 36.1 Å². The highest BCUT2D eigenvalue weighted by Gasteiger charge is 2.55. The van der Waals surface area contributed by atoms with Gasteiger partial charge in [-0.25, -0.2) is 0 Å². The Hall–Kier alpha value is -2.80. The summed E-state index contributed by atoms with van der Waals surface area (Å²) in [5.74, 6) is 0. The number of para-hydroxylation sites is 1. The van der Waals surface area contributed by atoms with E-state index < -0.39 is 0 Å². The second kappa shape index (κ2) is 5.85. The zero-order chi connectivity index (χ0) is 18.5. The lowest BCUT2D eigenvalue weighted by Crippen LogP contribution is -2.56. The molecule has 1 aliphatic heterocycles. The van der Waals surface area contributed by atoms with Crippen molar-refractivity contribution in [2.75, 3.05) is 4.90 Å². The summed E-state index contributed by atoms with van der Waals surface area (Å²) < 4.78 is 0. The van der Waals surface area contributed by atoms with Crippen LogP contribution in [0.2, 0.25) is 0 Å². The molecule has 1 nitrogen and oxygen atoms in total. The number of nitrogens with zero attached hydrogens (tertiary/aromatic N) is 1. The fourth-order valence-corrected chi connectivity index (χ4v) is 5.06. The lowest BCUT2D eigenvalue weighted by molar-refractivity contribution is 0.317. The molecule has 134 valence electrons. The predicted molar refractivity (Wildman–Crippen MR) is 114 cm³/mol. The van der Waals surface area contributed by atoms with Crippen LogP contribution < -0.4 is 4.90 Å². The molecule has 27 heavy (non-hydrogen) atoms. The van der Waals surface area contributed by atoms with Crippen molar-refractivity contribution < 1.29 is 0 Å². The lowest BCUT2D eigenvalue weighted by atomic mass is 9.65. The van der Waals surface area contributed by atoms with E-state index >= 15 is 0 Å². The molecule has 0 aromatic heterocycles. The summed E-state index contributed by atoms with van der Waals surface area (Å²) in [6.07, 6.45) is 5.84. The first-order chi connectivity index (χ1) is 13.1. The van der Waals surface area contributed by atoms with Crippen molar-refractivity contribution >= 4 is 11.8 Å². The molecule has 1 heteroatoms. The zero-order valence-corrected chi connectivity index (χ0v) is 16.0. The van der Waals surface area contributed by atoms with Gasteiger partial charge < -0.3 is 4.90 Å². The highest BCUT2D eigenvalue weighted by Crippen LogP contribution is 2.55. The van der Waals surface area contributed by atoms with Gasteiger partial charge in [0.05, 0.1) is 5.54 Å². The van der Waals surface area contributed by atoms with Crippen LogP contribution in [0.4, 0.5) is 5.69 Å². The predicted octanol–water partition coefficient (Wildman–Crippen LogP) is 5.99. The van der Waals surface area contributed by atoms with E-state index in [1.54, 1.807) is 0 Å². The number of hydrogen-bond donors (Lipinski definition) is 0. The van der Waals surface area contributed by atoms with Gasteiger partial charge in [0, 0.05) is 24.1 Å². The summed E-state index contributed by atoms with van der Waals surface area (Å²) >= 11 is 0. The summed E-state index contributed by atoms with van der Waals surface area (Å²) in [4.78, 5) is 2.64. The molecule has 1 atom stereocenters. The Labute approximate surface area is 162 Å². The van der Waals surface area contributed by atoms with E-state index in [1.807, 2.05) is 0 Å². The largest absolute Gasteiger partial charge is 0.357 e. The van der Waals surface area contributed by atoms with Crippen LogP contribution in [0.15, 0.2) is 84.9 Å². The van der Waals surface area contributed by atoms with Gasteiger partial charge in [-0.3, -0.25) is 0 Å². The minimum absolute atomic E-state index is 0.0302. The SMILES string of the molecule is CC1(C)c2ccccc2N(Cc2ccccc2)C12C=Cc1ccccc1C2. The quantitative estimate of drug-likeness (QED) is 0.548. The number of benzene rings is 3. The molecule has 3 aromatic rings. The van der Waals surface area contributed by atoms with Crippen molar-refractivity contribution in [2.24, 2.45) is 0 Å². The molecule has 1 heterocycles. The summed E-state index contributed by atoms with van der Waals surface area (Å²) in [5, 5.41) is 0. The summed E-state index contributed by atoms with van der Waals surface area (Å²) in [7, 11) is 0. The van der Waals surface area contributed by atoms with Crippen LogP contribution in [0.3, 0.4) is 0 Å². The molecule has 0 radical (unpaired) electrons. The van der Waals surface area contributed by atoms with E-state index in [9.17, 15) is 0 Å². The maximum atomic E-state index is 2.64. The number of fused-ring (bicyclic) bond motifs is 2. The number of hydrogen-bond acceptors (Lipinski definition) is 1. The second-order valence-corrected chi connectivity index (χ2v) is 8.35. The van der Waals surface area contributed by atoms with Gasteiger partial charge >= 0.3 is 0 Å². The zero-order valence-electron chi connectivity index (χ0n) is 16.0. The summed E-state index contributed by atoms with van der Waals surface area (Å²) in [6, 6.07) is 28.6. The maximum Gasteiger partial charge on any atom is 0.0724 e. The third-order valence-electron chi connectivity index (χ3n) is 6.67. The van der Waals surface area contributed by atoms with E-state index in [2.05, 4.69) is 110 Å². The van der Waals surface area contributed by atoms with Crippen molar-refractivity contribution in [3.05, 3.63) is 107 Å². The molecule has 1 spiro atoms. The molecular formula is C26H25N. The van der Waals surface area contributed by atoms with Crippen molar-refractivity contribution in [1.82, 2.24) is 0 Å². The number of anilines is 1. The lowest BCUT2D eigenvalue weighted by Gasteiger charge is -2.48. The number of rotatable bonds is 2. The Kier molecular flexibility index (Phi) is 3.55. The van der Waals surface area contributed by atoms with Gasteiger partial charge in [-0.15, -0.1) is 0 Å². The fourth-order valence-electron chi connectivity index (χ4n) is 5.06. The molecule has 2 aliphatic rings. The third-order valence-corrected chi connectivity index (χ3v) is 6.67. The maximum absolute atomic E-state index is 2.64. The Morgan fingerprint density at radius 1 is 0.815 bits per heavy atom. The van der Waals surface area contributed by atoms with Crippen LogP contribution in [-0.4, -0.2) is 5.54 Å². The van der Waals surface area contributed by atoms with E-state index in [-0.39, 0.29) is 11.0 Å². The van der Waals surface area contributed by atoms with Gasteiger partial charge in [0.15, 0.2) is 0 Å². The van der Waals surface area contributed by atoms with Gasteiger partial charge in [0.25, 0.3) is 0 Å². The van der Waals surface area contributed by atoms with Gasteiger partial charge in [0.1, 0.15) is 0 Å². The Morgan fingerprint density at radius 3 is 2.37 bits per heavy atom. The minimum atomic E-state index is -0.0547. The van der Waals surface area contributed by atoms with Crippen molar-refractivity contribution in [3.63, 3.8) is 0 Å². The van der Waals surface area contributed by atoms with Crippen molar-refractivity contribution in [3.8, 4) is 0 Å². The molecule has 0 N–H and O–H groups in total. The van der Waals surface area contributed by atoms with Crippen LogP contribution in [0.5, 0.6) is 0 Å². The van der Waals surface area contributed by atoms with Crippen LogP contribution in [-0.2, 0) is 18.4 Å². The Balaban J connectivity index is 1.69.